The number of carbonyl (C=O) groups excluding carboxylic acids is 2. The summed E-state index contributed by atoms with van der Waals surface area (Å²) in [5.41, 5.74) is 1.06. The van der Waals surface area contributed by atoms with Gasteiger partial charge in [-0.1, -0.05) is 19.3 Å². The number of aryl methyl sites for hydroxylation is 1. The van der Waals surface area contributed by atoms with Gasteiger partial charge in [-0.25, -0.2) is 0 Å². The minimum Gasteiger partial charge on any atom is -0.352 e. The number of amides is 2. The number of rotatable bonds is 5. The zero-order chi connectivity index (χ0) is 16.9. The molecule has 1 aromatic heterocycles. The van der Waals surface area contributed by atoms with Gasteiger partial charge in [-0.3, -0.25) is 14.3 Å². The Hall–Kier alpha value is -1.89. The van der Waals surface area contributed by atoms with Crippen LogP contribution in [0.1, 0.15) is 43.6 Å². The van der Waals surface area contributed by atoms with Crippen LogP contribution in [0, 0.1) is 5.92 Å². The van der Waals surface area contributed by atoms with E-state index in [1.807, 2.05) is 19.4 Å². The van der Waals surface area contributed by atoms with Crippen LogP contribution >= 0.6 is 0 Å². The van der Waals surface area contributed by atoms with E-state index < -0.39 is 0 Å². The van der Waals surface area contributed by atoms with Gasteiger partial charge in [-0.15, -0.1) is 0 Å². The first-order valence-corrected chi connectivity index (χ1v) is 8.90. The third-order valence-electron chi connectivity index (χ3n) is 5.10. The van der Waals surface area contributed by atoms with Crippen molar-refractivity contribution in [2.45, 2.75) is 44.1 Å². The highest BCUT2D eigenvalue weighted by molar-refractivity contribution is 5.86. The normalized spacial score (nSPS) is 24.7. The van der Waals surface area contributed by atoms with Crippen molar-refractivity contribution in [1.29, 1.82) is 0 Å². The standard InChI is InChI=1S/C17H27N5O2/c1-22-11-12(7-20-22)14-8-18-9-15(14)17(24)19-10-16(23)21-13-5-3-2-4-6-13/h7,11,13-15,18H,2-6,8-10H2,1H3,(H,19,24)(H,21,23)/t14-,15+/m1/s1. The number of hydrogen-bond acceptors (Lipinski definition) is 4. The van der Waals surface area contributed by atoms with Crippen molar-refractivity contribution in [3.05, 3.63) is 18.0 Å². The van der Waals surface area contributed by atoms with Gasteiger partial charge >= 0.3 is 0 Å². The first-order chi connectivity index (χ1) is 11.6. The molecule has 3 rings (SSSR count). The van der Waals surface area contributed by atoms with E-state index in [0.29, 0.717) is 6.54 Å². The summed E-state index contributed by atoms with van der Waals surface area (Å²) < 4.78 is 1.75. The molecule has 0 unspecified atom stereocenters. The lowest BCUT2D eigenvalue weighted by atomic mass is 9.90. The van der Waals surface area contributed by atoms with E-state index in [9.17, 15) is 9.59 Å². The van der Waals surface area contributed by atoms with Crippen LogP contribution < -0.4 is 16.0 Å². The number of aromatic nitrogens is 2. The number of nitrogens with zero attached hydrogens (tertiary/aromatic N) is 2. The highest BCUT2D eigenvalue weighted by Crippen LogP contribution is 2.27. The predicted molar refractivity (Wildman–Crippen MR) is 90.3 cm³/mol. The molecule has 2 aliphatic rings. The molecule has 132 valence electrons. The van der Waals surface area contributed by atoms with E-state index in [1.54, 1.807) is 4.68 Å². The molecule has 7 heteroatoms. The van der Waals surface area contributed by atoms with Gasteiger partial charge in [-0.05, 0) is 18.4 Å². The maximum Gasteiger partial charge on any atom is 0.239 e. The monoisotopic (exact) mass is 333 g/mol. The zero-order valence-corrected chi connectivity index (χ0v) is 14.3. The van der Waals surface area contributed by atoms with Crippen molar-refractivity contribution in [3.8, 4) is 0 Å². The molecular weight excluding hydrogens is 306 g/mol. The molecule has 2 fully saturated rings. The minimum absolute atomic E-state index is 0.0611. The van der Waals surface area contributed by atoms with Crippen molar-refractivity contribution in [3.63, 3.8) is 0 Å². The lowest BCUT2D eigenvalue weighted by molar-refractivity contribution is -0.128. The summed E-state index contributed by atoms with van der Waals surface area (Å²) in [4.78, 5) is 24.5. The van der Waals surface area contributed by atoms with Gasteiger partial charge in [0, 0.05) is 38.3 Å². The first-order valence-electron chi connectivity index (χ1n) is 8.90. The third-order valence-corrected chi connectivity index (χ3v) is 5.10. The fourth-order valence-corrected chi connectivity index (χ4v) is 3.76. The summed E-state index contributed by atoms with van der Waals surface area (Å²) in [5, 5.41) is 13.3. The number of hydrogen-bond donors (Lipinski definition) is 3. The number of carbonyl (C=O) groups is 2. The van der Waals surface area contributed by atoms with E-state index >= 15 is 0 Å². The molecule has 2 amide bonds. The fraction of sp³-hybridized carbons (Fsp3) is 0.706. The van der Waals surface area contributed by atoms with Gasteiger partial charge in [-0.2, -0.15) is 5.10 Å². The summed E-state index contributed by atoms with van der Waals surface area (Å²) in [6, 6.07) is 0.277. The molecule has 1 saturated heterocycles. The molecule has 1 aromatic rings. The number of nitrogens with one attached hydrogen (secondary N) is 3. The Balaban J connectivity index is 1.48. The van der Waals surface area contributed by atoms with Gasteiger partial charge in [0.2, 0.25) is 11.8 Å². The summed E-state index contributed by atoms with van der Waals surface area (Å²) in [6.07, 6.45) is 9.48. The lowest BCUT2D eigenvalue weighted by Crippen LogP contribution is -2.44. The molecule has 1 aliphatic heterocycles. The summed E-state index contributed by atoms with van der Waals surface area (Å²) >= 11 is 0. The van der Waals surface area contributed by atoms with Gasteiger partial charge < -0.3 is 16.0 Å². The second-order valence-electron chi connectivity index (χ2n) is 6.94. The highest BCUT2D eigenvalue weighted by atomic mass is 16.2. The Labute approximate surface area is 142 Å². The second kappa shape index (κ2) is 7.79. The average molecular weight is 333 g/mol. The van der Waals surface area contributed by atoms with Crippen LogP contribution in [0.25, 0.3) is 0 Å². The average Bonchev–Trinajstić information content (AvgIpc) is 3.22. The van der Waals surface area contributed by atoms with Crippen molar-refractivity contribution >= 4 is 11.8 Å². The van der Waals surface area contributed by atoms with Crippen LogP contribution in [0.2, 0.25) is 0 Å². The molecule has 1 saturated carbocycles. The first kappa shape index (κ1) is 17.0. The van der Waals surface area contributed by atoms with Gasteiger partial charge in [0.05, 0.1) is 18.7 Å². The molecule has 24 heavy (non-hydrogen) atoms. The summed E-state index contributed by atoms with van der Waals surface area (Å²) in [7, 11) is 1.87. The Kier molecular flexibility index (Phi) is 5.50. The molecule has 0 spiro atoms. The van der Waals surface area contributed by atoms with Crippen LogP contribution in [-0.4, -0.2) is 47.3 Å². The SMILES string of the molecule is Cn1cc([C@H]2CNC[C@@H]2C(=O)NCC(=O)NC2CCCCC2)cn1. The van der Waals surface area contributed by atoms with E-state index in [4.69, 9.17) is 0 Å². The van der Waals surface area contributed by atoms with E-state index in [1.165, 1.54) is 19.3 Å². The predicted octanol–water partition coefficient (Wildman–Crippen LogP) is 0.288. The van der Waals surface area contributed by atoms with Crippen molar-refractivity contribution in [1.82, 2.24) is 25.7 Å². The molecule has 2 atom stereocenters. The van der Waals surface area contributed by atoms with Crippen molar-refractivity contribution in [2.75, 3.05) is 19.6 Å². The van der Waals surface area contributed by atoms with E-state index in [-0.39, 0.29) is 36.2 Å². The molecule has 1 aliphatic carbocycles. The van der Waals surface area contributed by atoms with E-state index in [0.717, 1.165) is 24.9 Å². The van der Waals surface area contributed by atoms with Crippen molar-refractivity contribution < 1.29 is 9.59 Å². The van der Waals surface area contributed by atoms with Crippen LogP contribution in [0.3, 0.4) is 0 Å². The largest absolute Gasteiger partial charge is 0.352 e. The van der Waals surface area contributed by atoms with Gasteiger partial charge in [0.25, 0.3) is 0 Å². The second-order valence-corrected chi connectivity index (χ2v) is 6.94. The molecule has 3 N–H and O–H groups in total. The quantitative estimate of drug-likeness (QED) is 0.723. The Morgan fingerprint density at radius 2 is 2.08 bits per heavy atom. The fourth-order valence-electron chi connectivity index (χ4n) is 3.76. The molecule has 0 bridgehead atoms. The molecular formula is C17H27N5O2. The third kappa shape index (κ3) is 4.14. The Morgan fingerprint density at radius 3 is 2.79 bits per heavy atom. The smallest absolute Gasteiger partial charge is 0.239 e. The summed E-state index contributed by atoms with van der Waals surface area (Å²) in [5.74, 6) is -0.191. The molecule has 0 aromatic carbocycles. The molecule has 0 radical (unpaired) electrons. The van der Waals surface area contributed by atoms with Crippen LogP contribution in [0.4, 0.5) is 0 Å². The maximum atomic E-state index is 12.5. The van der Waals surface area contributed by atoms with Gasteiger partial charge in [0.15, 0.2) is 0 Å². The van der Waals surface area contributed by atoms with E-state index in [2.05, 4.69) is 21.0 Å². The molecule has 2 heterocycles. The zero-order valence-electron chi connectivity index (χ0n) is 14.3. The minimum atomic E-state index is -0.156. The highest BCUT2D eigenvalue weighted by Gasteiger charge is 2.34. The summed E-state index contributed by atoms with van der Waals surface area (Å²) in [6.45, 7) is 1.46. The van der Waals surface area contributed by atoms with Crippen LogP contribution in [-0.2, 0) is 16.6 Å². The van der Waals surface area contributed by atoms with Crippen LogP contribution in [0.15, 0.2) is 12.4 Å². The Morgan fingerprint density at radius 1 is 1.29 bits per heavy atom. The van der Waals surface area contributed by atoms with Gasteiger partial charge in [0.1, 0.15) is 0 Å². The maximum absolute atomic E-state index is 12.5. The Bertz CT molecular complexity index is 579. The molecule has 7 nitrogen and oxygen atoms in total. The lowest BCUT2D eigenvalue weighted by Gasteiger charge is -2.23. The van der Waals surface area contributed by atoms with Crippen molar-refractivity contribution in [2.24, 2.45) is 13.0 Å². The van der Waals surface area contributed by atoms with Crippen LogP contribution in [0.5, 0.6) is 0 Å². The topological polar surface area (TPSA) is 88.0 Å².